The number of nitrogens with zero attached hydrogens (tertiary/aromatic N) is 6. The molecule has 174 valence electrons. The number of aromatic nitrogens is 6. The van der Waals surface area contributed by atoms with Crippen molar-refractivity contribution in [2.75, 3.05) is 10.6 Å². The summed E-state index contributed by atoms with van der Waals surface area (Å²) in [6.45, 7) is 2.05. The first-order chi connectivity index (χ1) is 17.0. The molecule has 8 nitrogen and oxygen atoms in total. The molecule has 0 bridgehead atoms. The lowest BCUT2D eigenvalue weighted by Crippen LogP contribution is -2.18. The van der Waals surface area contributed by atoms with Crippen molar-refractivity contribution in [1.29, 1.82) is 0 Å². The number of tetrazole rings is 1. The maximum absolute atomic E-state index is 6.19. The van der Waals surface area contributed by atoms with Gasteiger partial charge in [0.2, 0.25) is 11.6 Å². The minimum atomic E-state index is 0.270. The summed E-state index contributed by atoms with van der Waals surface area (Å²) in [5.74, 6) is 0.839. The average Bonchev–Trinajstić information content (AvgIpc) is 3.48. The van der Waals surface area contributed by atoms with Crippen LogP contribution in [0.1, 0.15) is 16.7 Å². The molecular formula is C26H23ClN8. The van der Waals surface area contributed by atoms with E-state index in [2.05, 4.69) is 61.4 Å². The van der Waals surface area contributed by atoms with E-state index in [1.54, 1.807) is 7.05 Å². The molecule has 1 aliphatic rings. The monoisotopic (exact) mass is 482 g/mol. The molecule has 3 aromatic carbocycles. The first kappa shape index (κ1) is 21.5. The van der Waals surface area contributed by atoms with Crippen LogP contribution in [0.15, 0.2) is 60.8 Å². The number of hydrogen-bond donors (Lipinski definition) is 2. The second-order valence-corrected chi connectivity index (χ2v) is 9.26. The van der Waals surface area contributed by atoms with Gasteiger partial charge in [0.1, 0.15) is 0 Å². The zero-order valence-electron chi connectivity index (χ0n) is 19.3. The molecule has 1 unspecified atom stereocenters. The predicted molar refractivity (Wildman–Crippen MR) is 138 cm³/mol. The lowest BCUT2D eigenvalue weighted by Gasteiger charge is -2.15. The van der Waals surface area contributed by atoms with Gasteiger partial charge in [-0.1, -0.05) is 41.9 Å². The highest BCUT2D eigenvalue weighted by atomic mass is 35.5. The number of benzene rings is 3. The van der Waals surface area contributed by atoms with Gasteiger partial charge in [0.25, 0.3) is 0 Å². The van der Waals surface area contributed by atoms with Crippen LogP contribution in [0.4, 0.5) is 17.1 Å². The van der Waals surface area contributed by atoms with Crippen LogP contribution in [0, 0.1) is 6.92 Å². The molecule has 0 amide bonds. The van der Waals surface area contributed by atoms with E-state index in [9.17, 15) is 0 Å². The molecule has 0 spiro atoms. The third-order valence-electron chi connectivity index (χ3n) is 6.29. The van der Waals surface area contributed by atoms with Crippen molar-refractivity contribution < 1.29 is 0 Å². The van der Waals surface area contributed by atoms with Crippen LogP contribution in [0.25, 0.3) is 22.6 Å². The Labute approximate surface area is 207 Å². The van der Waals surface area contributed by atoms with Crippen LogP contribution >= 0.6 is 11.6 Å². The number of hydrogen-bond acceptors (Lipinski definition) is 7. The predicted octanol–water partition coefficient (Wildman–Crippen LogP) is 5.11. The molecular weight excluding hydrogens is 460 g/mol. The third kappa shape index (κ3) is 4.17. The van der Waals surface area contributed by atoms with Gasteiger partial charge in [0.05, 0.1) is 18.3 Å². The van der Waals surface area contributed by atoms with E-state index in [-0.39, 0.29) is 6.04 Å². The minimum Gasteiger partial charge on any atom is -0.381 e. The minimum absolute atomic E-state index is 0.270. The van der Waals surface area contributed by atoms with E-state index in [1.807, 2.05) is 37.4 Å². The summed E-state index contributed by atoms with van der Waals surface area (Å²) < 4.78 is 0. The molecule has 35 heavy (non-hydrogen) atoms. The van der Waals surface area contributed by atoms with Crippen molar-refractivity contribution >= 4 is 39.6 Å². The highest BCUT2D eigenvalue weighted by molar-refractivity contribution is 6.30. The van der Waals surface area contributed by atoms with Gasteiger partial charge in [-0.25, -0.2) is 9.97 Å². The first-order valence-corrected chi connectivity index (χ1v) is 11.8. The lowest BCUT2D eigenvalue weighted by atomic mass is 10.0. The zero-order chi connectivity index (χ0) is 23.9. The van der Waals surface area contributed by atoms with Crippen molar-refractivity contribution in [3.8, 4) is 11.6 Å². The Morgan fingerprint density at radius 2 is 1.94 bits per heavy atom. The summed E-state index contributed by atoms with van der Waals surface area (Å²) in [6, 6.07) is 18.8. The van der Waals surface area contributed by atoms with Gasteiger partial charge in [-0.05, 0) is 60.4 Å². The highest BCUT2D eigenvalue weighted by Crippen LogP contribution is 2.41. The fourth-order valence-corrected chi connectivity index (χ4v) is 4.85. The van der Waals surface area contributed by atoms with Crippen molar-refractivity contribution in [2.45, 2.75) is 25.8 Å². The Kier molecular flexibility index (Phi) is 5.30. The topological polar surface area (TPSA) is 93.4 Å². The van der Waals surface area contributed by atoms with E-state index < -0.39 is 0 Å². The first-order valence-electron chi connectivity index (χ1n) is 11.4. The van der Waals surface area contributed by atoms with E-state index in [0.717, 1.165) is 51.4 Å². The van der Waals surface area contributed by atoms with E-state index in [1.165, 1.54) is 15.9 Å². The number of aryl methyl sites for hydroxylation is 2. The van der Waals surface area contributed by atoms with Crippen LogP contribution < -0.4 is 10.6 Å². The number of halogens is 1. The number of nitrogens with one attached hydrogen (secondary N) is 2. The highest BCUT2D eigenvalue weighted by Gasteiger charge is 2.27. The number of fused-ring (bicyclic) bond motifs is 3. The zero-order valence-corrected chi connectivity index (χ0v) is 20.1. The van der Waals surface area contributed by atoms with Gasteiger partial charge in [-0.15, -0.1) is 10.2 Å². The summed E-state index contributed by atoms with van der Waals surface area (Å²) in [5.41, 5.74) is 7.49. The van der Waals surface area contributed by atoms with Gasteiger partial charge in [-0.3, -0.25) is 0 Å². The van der Waals surface area contributed by atoms with Gasteiger partial charge < -0.3 is 10.6 Å². The molecule has 2 N–H and O–H groups in total. The summed E-state index contributed by atoms with van der Waals surface area (Å²) in [7, 11) is 1.72. The molecule has 0 aliphatic carbocycles. The molecule has 3 heterocycles. The van der Waals surface area contributed by atoms with Gasteiger partial charge in [0, 0.05) is 39.6 Å². The van der Waals surface area contributed by atoms with Crippen molar-refractivity contribution in [3.05, 3.63) is 82.5 Å². The molecule has 0 saturated carbocycles. The van der Waals surface area contributed by atoms with Crippen molar-refractivity contribution in [2.24, 2.45) is 7.05 Å². The Morgan fingerprint density at radius 1 is 1.09 bits per heavy atom. The molecule has 2 aromatic heterocycles. The summed E-state index contributed by atoms with van der Waals surface area (Å²) in [5, 5.41) is 21.3. The Bertz CT molecular complexity index is 1550. The van der Waals surface area contributed by atoms with Crippen LogP contribution in [0.2, 0.25) is 5.02 Å². The fraction of sp³-hybridized carbons (Fsp3) is 0.192. The molecule has 0 radical (unpaired) electrons. The maximum Gasteiger partial charge on any atom is 0.242 e. The van der Waals surface area contributed by atoms with E-state index in [4.69, 9.17) is 16.6 Å². The smallest absolute Gasteiger partial charge is 0.242 e. The molecule has 1 atom stereocenters. The Balaban J connectivity index is 1.44. The summed E-state index contributed by atoms with van der Waals surface area (Å²) in [6.07, 6.45) is 3.67. The lowest BCUT2D eigenvalue weighted by molar-refractivity contribution is 0.630. The second kappa shape index (κ2) is 8.63. The standard InChI is InChI=1S/C26H23ClN8/c1-15-10-17(27)8-9-21(15)30-22-13-23-20(14-28-25(31-23)26-32-34-35(2)33-26)24-19(22)12-18(29-24)11-16-6-4-3-5-7-16/h3-10,13-14,18,29-30H,11-12H2,1-2H3. The molecule has 9 heteroatoms. The van der Waals surface area contributed by atoms with Crippen LogP contribution in [0.5, 0.6) is 0 Å². The van der Waals surface area contributed by atoms with E-state index in [0.29, 0.717) is 11.6 Å². The number of anilines is 3. The third-order valence-corrected chi connectivity index (χ3v) is 6.52. The van der Waals surface area contributed by atoms with Crippen LogP contribution in [-0.2, 0) is 19.9 Å². The summed E-state index contributed by atoms with van der Waals surface area (Å²) >= 11 is 6.19. The quantitative estimate of drug-likeness (QED) is 0.359. The maximum atomic E-state index is 6.19. The molecule has 6 rings (SSSR count). The second-order valence-electron chi connectivity index (χ2n) is 8.83. The molecule has 1 aliphatic heterocycles. The van der Waals surface area contributed by atoms with E-state index >= 15 is 0 Å². The van der Waals surface area contributed by atoms with Gasteiger partial charge in [0.15, 0.2) is 0 Å². The Morgan fingerprint density at radius 3 is 2.71 bits per heavy atom. The summed E-state index contributed by atoms with van der Waals surface area (Å²) in [4.78, 5) is 10.7. The largest absolute Gasteiger partial charge is 0.381 e. The Hall–Kier alpha value is -4.04. The fourth-order valence-electron chi connectivity index (χ4n) is 4.62. The van der Waals surface area contributed by atoms with Gasteiger partial charge in [-0.2, -0.15) is 4.80 Å². The van der Waals surface area contributed by atoms with Crippen LogP contribution in [-0.4, -0.2) is 36.2 Å². The van der Waals surface area contributed by atoms with Crippen molar-refractivity contribution in [3.63, 3.8) is 0 Å². The molecule has 0 fully saturated rings. The average molecular weight is 483 g/mol. The number of rotatable bonds is 5. The van der Waals surface area contributed by atoms with Crippen molar-refractivity contribution in [1.82, 2.24) is 30.2 Å². The van der Waals surface area contributed by atoms with Gasteiger partial charge >= 0.3 is 0 Å². The normalized spacial score (nSPS) is 14.7. The SMILES string of the molecule is Cc1cc(Cl)ccc1Nc1cc2nc(-c3nnn(C)n3)ncc2c2c1CC(Cc1ccccc1)N2. The molecule has 5 aromatic rings. The van der Waals surface area contributed by atoms with Crippen LogP contribution in [0.3, 0.4) is 0 Å². The molecule has 0 saturated heterocycles.